The quantitative estimate of drug-likeness (QED) is 0.298. The van der Waals surface area contributed by atoms with Crippen molar-refractivity contribution < 1.29 is 9.47 Å². The summed E-state index contributed by atoms with van der Waals surface area (Å²) in [5.41, 5.74) is 2.08. The molecule has 0 bridgehead atoms. The van der Waals surface area contributed by atoms with Gasteiger partial charge >= 0.3 is 0 Å². The van der Waals surface area contributed by atoms with Crippen LogP contribution >= 0.6 is 40.1 Å². The molecule has 0 aliphatic carbocycles. The molecule has 0 unspecified atom stereocenters. The van der Waals surface area contributed by atoms with Crippen LogP contribution in [0.4, 0.5) is 0 Å². The summed E-state index contributed by atoms with van der Waals surface area (Å²) in [6.07, 6.45) is 0. The second-order valence-corrected chi connectivity index (χ2v) is 7.92. The summed E-state index contributed by atoms with van der Waals surface area (Å²) in [5, 5.41) is 16.2. The molecule has 1 heterocycles. The van der Waals surface area contributed by atoms with Gasteiger partial charge in [0.1, 0.15) is 0 Å². The number of ether oxygens (including phenoxy) is 2. The van der Waals surface area contributed by atoms with Crippen molar-refractivity contribution in [2.24, 2.45) is 0 Å². The van der Waals surface area contributed by atoms with Crippen molar-refractivity contribution in [3.05, 3.63) is 52.5 Å². The lowest BCUT2D eigenvalue weighted by Gasteiger charge is -2.15. The zero-order chi connectivity index (χ0) is 20.5. The predicted molar refractivity (Wildman–Crippen MR) is 125 cm³/mol. The second kappa shape index (κ2) is 12.8. The van der Waals surface area contributed by atoms with Crippen LogP contribution in [0.5, 0.6) is 11.5 Å². The molecule has 0 amide bonds. The van der Waals surface area contributed by atoms with Crippen molar-refractivity contribution in [1.82, 2.24) is 25.5 Å². The molecule has 0 radical (unpaired) electrons. The van der Waals surface area contributed by atoms with Crippen LogP contribution in [0.3, 0.4) is 0 Å². The summed E-state index contributed by atoms with van der Waals surface area (Å²) < 4.78 is 14.1. The number of rotatable bonds is 11. The van der Waals surface area contributed by atoms with Crippen LogP contribution in [0.25, 0.3) is 5.69 Å². The van der Waals surface area contributed by atoms with Gasteiger partial charge in [-0.15, -0.1) is 17.5 Å². The number of halogens is 2. The summed E-state index contributed by atoms with van der Waals surface area (Å²) >= 11 is 5.20. The fourth-order valence-corrected chi connectivity index (χ4v) is 4.11. The van der Waals surface area contributed by atoms with Crippen molar-refractivity contribution in [3.8, 4) is 17.2 Å². The number of aromatic nitrogens is 4. The van der Waals surface area contributed by atoms with E-state index in [0.717, 1.165) is 51.2 Å². The third kappa shape index (κ3) is 6.60. The smallest absolute Gasteiger partial charge is 0.214 e. The molecular formula is C20H25BrClN5O2S. The van der Waals surface area contributed by atoms with Crippen molar-refractivity contribution in [1.29, 1.82) is 0 Å². The summed E-state index contributed by atoms with van der Waals surface area (Å²) in [6, 6.07) is 14.0. The molecule has 30 heavy (non-hydrogen) atoms. The van der Waals surface area contributed by atoms with E-state index in [1.165, 1.54) is 0 Å². The highest BCUT2D eigenvalue weighted by molar-refractivity contribution is 9.10. The minimum atomic E-state index is 0. The summed E-state index contributed by atoms with van der Waals surface area (Å²) in [4.78, 5) is 0. The fraction of sp³-hybridized carbons (Fsp3) is 0.350. The van der Waals surface area contributed by atoms with Gasteiger partial charge in [0.2, 0.25) is 5.16 Å². The van der Waals surface area contributed by atoms with E-state index in [1.807, 2.05) is 50.2 Å². The van der Waals surface area contributed by atoms with E-state index in [2.05, 4.69) is 42.8 Å². The molecule has 0 saturated carbocycles. The minimum Gasteiger partial charge on any atom is -0.490 e. The largest absolute Gasteiger partial charge is 0.490 e. The van der Waals surface area contributed by atoms with Crippen LogP contribution in [0.15, 0.2) is 52.1 Å². The maximum Gasteiger partial charge on any atom is 0.214 e. The molecule has 0 aliphatic heterocycles. The molecule has 0 fully saturated rings. The van der Waals surface area contributed by atoms with E-state index in [0.29, 0.717) is 13.2 Å². The molecule has 1 aromatic heterocycles. The number of hydrogen-bond donors (Lipinski definition) is 1. The Morgan fingerprint density at radius 3 is 2.60 bits per heavy atom. The van der Waals surface area contributed by atoms with Gasteiger partial charge < -0.3 is 14.8 Å². The van der Waals surface area contributed by atoms with Gasteiger partial charge in [0.25, 0.3) is 0 Å². The Bertz CT molecular complexity index is 913. The third-order valence-corrected chi connectivity index (χ3v) is 5.45. The average Bonchev–Trinajstić information content (AvgIpc) is 3.20. The van der Waals surface area contributed by atoms with Gasteiger partial charge in [0, 0.05) is 18.8 Å². The standard InChI is InChI=1S/C20H24BrN5O2S.ClH/c1-3-27-18-13-15(12-17(21)19(18)28-4-2)14-22-10-11-29-20-23-24-25-26(20)16-8-6-5-7-9-16;/h5-9,12-13,22H,3-4,10-11,14H2,1-2H3;1H. The van der Waals surface area contributed by atoms with Crippen LogP contribution in [0.1, 0.15) is 19.4 Å². The lowest BCUT2D eigenvalue weighted by molar-refractivity contribution is 0.286. The Morgan fingerprint density at radius 1 is 1.10 bits per heavy atom. The number of tetrazole rings is 1. The summed E-state index contributed by atoms with van der Waals surface area (Å²) in [5.74, 6) is 2.36. The monoisotopic (exact) mass is 513 g/mol. The average molecular weight is 515 g/mol. The molecule has 0 spiro atoms. The Morgan fingerprint density at radius 2 is 1.87 bits per heavy atom. The van der Waals surface area contributed by atoms with Gasteiger partial charge in [-0.1, -0.05) is 30.0 Å². The van der Waals surface area contributed by atoms with Crippen molar-refractivity contribution in [2.45, 2.75) is 25.5 Å². The second-order valence-electron chi connectivity index (χ2n) is 6.00. The van der Waals surface area contributed by atoms with E-state index in [9.17, 15) is 0 Å². The third-order valence-electron chi connectivity index (χ3n) is 3.94. The molecule has 3 aromatic rings. The molecule has 7 nitrogen and oxygen atoms in total. The highest BCUT2D eigenvalue weighted by atomic mass is 79.9. The molecule has 10 heteroatoms. The lowest BCUT2D eigenvalue weighted by Crippen LogP contribution is -2.17. The van der Waals surface area contributed by atoms with Gasteiger partial charge in [-0.3, -0.25) is 0 Å². The summed E-state index contributed by atoms with van der Waals surface area (Å²) in [7, 11) is 0. The molecule has 1 N–H and O–H groups in total. The molecule has 2 aromatic carbocycles. The van der Waals surface area contributed by atoms with Crippen molar-refractivity contribution >= 4 is 40.1 Å². The molecule has 0 atom stereocenters. The van der Waals surface area contributed by atoms with Crippen LogP contribution in [-0.4, -0.2) is 45.7 Å². The van der Waals surface area contributed by atoms with E-state index in [-0.39, 0.29) is 12.4 Å². The summed E-state index contributed by atoms with van der Waals surface area (Å²) in [6.45, 7) is 6.67. The number of para-hydroxylation sites is 1. The first-order chi connectivity index (χ1) is 14.2. The van der Waals surface area contributed by atoms with Gasteiger partial charge in [-0.05, 0) is 70.0 Å². The molecule has 3 rings (SSSR count). The van der Waals surface area contributed by atoms with E-state index in [1.54, 1.807) is 16.4 Å². The number of nitrogens with one attached hydrogen (secondary N) is 1. The van der Waals surface area contributed by atoms with E-state index >= 15 is 0 Å². The highest BCUT2D eigenvalue weighted by Gasteiger charge is 2.12. The predicted octanol–water partition coefficient (Wildman–Crippen LogP) is 4.53. The van der Waals surface area contributed by atoms with Crippen LogP contribution in [-0.2, 0) is 6.54 Å². The van der Waals surface area contributed by atoms with Gasteiger partial charge in [-0.25, -0.2) is 0 Å². The number of nitrogens with zero attached hydrogens (tertiary/aromatic N) is 4. The normalized spacial score (nSPS) is 10.5. The van der Waals surface area contributed by atoms with Crippen LogP contribution < -0.4 is 14.8 Å². The van der Waals surface area contributed by atoms with E-state index in [4.69, 9.17) is 9.47 Å². The maximum atomic E-state index is 5.73. The molecule has 0 saturated heterocycles. The van der Waals surface area contributed by atoms with Crippen LogP contribution in [0, 0.1) is 0 Å². The lowest BCUT2D eigenvalue weighted by atomic mass is 10.2. The maximum absolute atomic E-state index is 5.73. The first-order valence-electron chi connectivity index (χ1n) is 9.48. The van der Waals surface area contributed by atoms with Crippen LogP contribution in [0.2, 0.25) is 0 Å². The van der Waals surface area contributed by atoms with Crippen molar-refractivity contribution in [2.75, 3.05) is 25.5 Å². The minimum absolute atomic E-state index is 0. The molecular weight excluding hydrogens is 490 g/mol. The highest BCUT2D eigenvalue weighted by Crippen LogP contribution is 2.37. The molecule has 162 valence electrons. The molecule has 0 aliphatic rings. The Balaban J connectivity index is 0.00000320. The fourth-order valence-electron chi connectivity index (χ4n) is 2.72. The Hall–Kier alpha value is -1.81. The zero-order valence-corrected chi connectivity index (χ0v) is 20.1. The van der Waals surface area contributed by atoms with Gasteiger partial charge in [-0.2, -0.15) is 4.68 Å². The number of thioether (sulfide) groups is 1. The van der Waals surface area contributed by atoms with Crippen molar-refractivity contribution in [3.63, 3.8) is 0 Å². The SMILES string of the molecule is CCOc1cc(CNCCSc2nnnn2-c2ccccc2)cc(Br)c1OCC.Cl. The first-order valence-corrected chi connectivity index (χ1v) is 11.3. The first kappa shape index (κ1) is 24.5. The van der Waals surface area contributed by atoms with Gasteiger partial charge in [0.05, 0.1) is 23.4 Å². The zero-order valence-electron chi connectivity index (χ0n) is 16.9. The Labute approximate surface area is 195 Å². The topological polar surface area (TPSA) is 74.1 Å². The Kier molecular flexibility index (Phi) is 10.4. The van der Waals surface area contributed by atoms with E-state index < -0.39 is 0 Å². The number of hydrogen-bond acceptors (Lipinski definition) is 7. The van der Waals surface area contributed by atoms with Gasteiger partial charge in [0.15, 0.2) is 11.5 Å². The number of benzene rings is 2.